The Labute approximate surface area is 158 Å². The first kappa shape index (κ1) is 20.7. The smallest absolute Gasteiger partial charge is 0.266 e. The zero-order chi connectivity index (χ0) is 20.2. The van der Waals surface area contributed by atoms with E-state index < -0.39 is 15.9 Å². The molecule has 0 fully saturated rings. The number of carbonyl (C=O) groups excluding carboxylic acids is 1. The summed E-state index contributed by atoms with van der Waals surface area (Å²) in [5, 5.41) is 4.07. The van der Waals surface area contributed by atoms with E-state index in [-0.39, 0.29) is 10.5 Å². The fourth-order valence-electron chi connectivity index (χ4n) is 2.52. The van der Waals surface area contributed by atoms with Crippen molar-refractivity contribution in [2.24, 2.45) is 7.05 Å². The van der Waals surface area contributed by atoms with Crippen LogP contribution in [0, 0.1) is 13.8 Å². The molecule has 0 saturated heterocycles. The van der Waals surface area contributed by atoms with E-state index in [9.17, 15) is 13.2 Å². The fourth-order valence-corrected chi connectivity index (χ4v) is 3.80. The maximum atomic E-state index is 12.5. The summed E-state index contributed by atoms with van der Waals surface area (Å²) in [7, 11) is -0.849. The fraction of sp³-hybridized carbons (Fsp3) is 0.412. The van der Waals surface area contributed by atoms with E-state index in [0.29, 0.717) is 29.5 Å². The maximum Gasteiger partial charge on any atom is 0.266 e. The molecule has 148 valence electrons. The Morgan fingerprint density at radius 1 is 1.26 bits per heavy atom. The molecule has 1 amide bonds. The molecule has 1 aromatic carbocycles. The number of ether oxygens (including phenoxy) is 2. The number of nitrogens with one attached hydrogen (secondary N) is 2. The molecule has 0 aliphatic heterocycles. The minimum absolute atomic E-state index is 0.0335. The lowest BCUT2D eigenvalue weighted by atomic mass is 10.2. The lowest BCUT2D eigenvalue weighted by Crippen LogP contribution is -2.41. The van der Waals surface area contributed by atoms with Gasteiger partial charge in [0.1, 0.15) is 4.90 Å². The predicted octanol–water partition coefficient (Wildman–Crippen LogP) is 1.46. The number of methoxy groups -OCH3 is 1. The monoisotopic (exact) mass is 396 g/mol. The van der Waals surface area contributed by atoms with Gasteiger partial charge in [-0.1, -0.05) is 6.92 Å². The van der Waals surface area contributed by atoms with Crippen LogP contribution in [-0.2, 0) is 17.1 Å². The van der Waals surface area contributed by atoms with Crippen LogP contribution >= 0.6 is 0 Å². The third-order valence-corrected chi connectivity index (χ3v) is 5.40. The van der Waals surface area contributed by atoms with Crippen molar-refractivity contribution in [3.63, 3.8) is 0 Å². The molecule has 2 aromatic rings. The van der Waals surface area contributed by atoms with Crippen LogP contribution in [0.2, 0.25) is 0 Å². The van der Waals surface area contributed by atoms with Crippen molar-refractivity contribution in [3.8, 4) is 11.5 Å². The van der Waals surface area contributed by atoms with E-state index in [0.717, 1.165) is 6.42 Å². The molecule has 2 N–H and O–H groups in total. The third-order valence-electron chi connectivity index (χ3n) is 3.90. The van der Waals surface area contributed by atoms with Gasteiger partial charge in [-0.3, -0.25) is 14.9 Å². The second kappa shape index (κ2) is 8.40. The zero-order valence-corrected chi connectivity index (χ0v) is 16.8. The summed E-state index contributed by atoms with van der Waals surface area (Å²) >= 11 is 0. The molecule has 0 aliphatic carbocycles. The summed E-state index contributed by atoms with van der Waals surface area (Å²) in [5.74, 6) is 0.272. The van der Waals surface area contributed by atoms with Crippen LogP contribution in [0.5, 0.6) is 11.5 Å². The van der Waals surface area contributed by atoms with E-state index in [2.05, 4.69) is 15.4 Å². The summed E-state index contributed by atoms with van der Waals surface area (Å²) in [6.07, 6.45) is 0.834. The number of amides is 1. The number of rotatable bonds is 8. The van der Waals surface area contributed by atoms with E-state index in [1.54, 1.807) is 27.0 Å². The molecule has 0 radical (unpaired) electrons. The molecule has 0 atom stereocenters. The molecule has 0 bridgehead atoms. The minimum atomic E-state index is -3.96. The number of benzene rings is 1. The third kappa shape index (κ3) is 4.58. The molecule has 0 spiro atoms. The van der Waals surface area contributed by atoms with Gasteiger partial charge in [-0.15, -0.1) is 4.83 Å². The Balaban J connectivity index is 2.15. The van der Waals surface area contributed by atoms with Gasteiger partial charge in [-0.05, 0) is 38.5 Å². The second-order valence-corrected chi connectivity index (χ2v) is 7.52. The summed E-state index contributed by atoms with van der Waals surface area (Å²) in [5.41, 5.74) is 3.23. The number of aromatic nitrogens is 2. The van der Waals surface area contributed by atoms with Gasteiger partial charge < -0.3 is 9.47 Å². The average molecular weight is 396 g/mol. The van der Waals surface area contributed by atoms with E-state index in [1.807, 2.05) is 6.92 Å². The summed E-state index contributed by atoms with van der Waals surface area (Å²) in [4.78, 5) is 14.5. The van der Waals surface area contributed by atoms with Gasteiger partial charge >= 0.3 is 0 Å². The molecule has 0 saturated carbocycles. The van der Waals surface area contributed by atoms with Crippen molar-refractivity contribution in [2.45, 2.75) is 32.1 Å². The molecular formula is C17H24N4O5S. The maximum absolute atomic E-state index is 12.5. The molecule has 2 rings (SSSR count). The number of hydrazine groups is 1. The van der Waals surface area contributed by atoms with Crippen molar-refractivity contribution < 1.29 is 22.7 Å². The average Bonchev–Trinajstić information content (AvgIpc) is 2.90. The lowest BCUT2D eigenvalue weighted by molar-refractivity contribution is 0.0944. The first-order valence-electron chi connectivity index (χ1n) is 8.34. The second-order valence-electron chi connectivity index (χ2n) is 5.90. The van der Waals surface area contributed by atoms with E-state index in [4.69, 9.17) is 9.47 Å². The van der Waals surface area contributed by atoms with Gasteiger partial charge in [-0.25, -0.2) is 8.42 Å². The van der Waals surface area contributed by atoms with Crippen molar-refractivity contribution in [1.29, 1.82) is 0 Å². The van der Waals surface area contributed by atoms with Crippen LogP contribution in [0.15, 0.2) is 23.1 Å². The van der Waals surface area contributed by atoms with Crippen LogP contribution in [0.25, 0.3) is 0 Å². The predicted molar refractivity (Wildman–Crippen MR) is 99.2 cm³/mol. The summed E-state index contributed by atoms with van der Waals surface area (Å²) in [6.45, 7) is 5.72. The first-order chi connectivity index (χ1) is 12.7. The molecule has 10 heteroatoms. The number of hydrogen-bond acceptors (Lipinski definition) is 6. The Bertz CT molecular complexity index is 937. The largest absolute Gasteiger partial charge is 0.493 e. The van der Waals surface area contributed by atoms with E-state index in [1.165, 1.54) is 23.9 Å². The number of sulfonamides is 1. The van der Waals surface area contributed by atoms with Crippen molar-refractivity contribution >= 4 is 15.9 Å². The highest BCUT2D eigenvalue weighted by molar-refractivity contribution is 7.89. The Morgan fingerprint density at radius 3 is 2.52 bits per heavy atom. The van der Waals surface area contributed by atoms with E-state index >= 15 is 0 Å². The Kier molecular flexibility index (Phi) is 6.45. The summed E-state index contributed by atoms with van der Waals surface area (Å²) < 4.78 is 37.2. The molecular weight excluding hydrogens is 372 g/mol. The molecule has 9 nitrogen and oxygen atoms in total. The molecule has 27 heavy (non-hydrogen) atoms. The zero-order valence-electron chi connectivity index (χ0n) is 16.0. The number of nitrogens with zero attached hydrogens (tertiary/aromatic N) is 2. The van der Waals surface area contributed by atoms with Crippen molar-refractivity contribution in [3.05, 3.63) is 35.2 Å². The molecule has 1 aromatic heterocycles. The standard InChI is InChI=1S/C17H24N4O5S/c1-6-9-26-14-8-7-13(10-15(14)25-5)17(22)18-20-27(23,24)16-11(2)19-21(4)12(16)3/h7-8,10,20H,6,9H2,1-5H3,(H,18,22). The van der Waals surface area contributed by atoms with Gasteiger partial charge in [0.2, 0.25) is 0 Å². The summed E-state index contributed by atoms with van der Waals surface area (Å²) in [6, 6.07) is 4.61. The van der Waals surface area contributed by atoms with Gasteiger partial charge in [0.25, 0.3) is 15.9 Å². The highest BCUT2D eigenvalue weighted by Crippen LogP contribution is 2.28. The number of carbonyl (C=O) groups is 1. The van der Waals surface area contributed by atoms with Gasteiger partial charge in [0.15, 0.2) is 11.5 Å². The SMILES string of the molecule is CCCOc1ccc(C(=O)NNS(=O)(=O)c2c(C)nn(C)c2C)cc1OC. The molecule has 0 aliphatic rings. The lowest BCUT2D eigenvalue weighted by Gasteiger charge is -2.12. The normalized spacial score (nSPS) is 11.3. The van der Waals surface area contributed by atoms with Crippen LogP contribution in [-0.4, -0.2) is 37.8 Å². The topological polar surface area (TPSA) is 112 Å². The highest BCUT2D eigenvalue weighted by atomic mass is 32.2. The van der Waals surface area contributed by atoms with Crippen LogP contribution < -0.4 is 19.7 Å². The number of aryl methyl sites for hydroxylation is 2. The Hall–Kier alpha value is -2.59. The van der Waals surface area contributed by atoms with Gasteiger partial charge in [0.05, 0.1) is 25.1 Å². The first-order valence-corrected chi connectivity index (χ1v) is 9.82. The van der Waals surface area contributed by atoms with Gasteiger partial charge in [-0.2, -0.15) is 5.10 Å². The van der Waals surface area contributed by atoms with Crippen molar-refractivity contribution in [2.75, 3.05) is 13.7 Å². The van der Waals surface area contributed by atoms with Crippen LogP contribution in [0.3, 0.4) is 0 Å². The van der Waals surface area contributed by atoms with Crippen molar-refractivity contribution in [1.82, 2.24) is 20.0 Å². The van der Waals surface area contributed by atoms with Crippen LogP contribution in [0.1, 0.15) is 35.1 Å². The van der Waals surface area contributed by atoms with Crippen LogP contribution in [0.4, 0.5) is 0 Å². The molecule has 0 unspecified atom stereocenters. The Morgan fingerprint density at radius 2 is 1.96 bits per heavy atom. The number of hydrogen-bond donors (Lipinski definition) is 2. The quantitative estimate of drug-likeness (QED) is 0.654. The minimum Gasteiger partial charge on any atom is -0.493 e. The van der Waals surface area contributed by atoms with Gasteiger partial charge in [0, 0.05) is 12.6 Å². The molecule has 1 heterocycles. The highest BCUT2D eigenvalue weighted by Gasteiger charge is 2.24.